The summed E-state index contributed by atoms with van der Waals surface area (Å²) in [6.45, 7) is 1.07. The van der Waals surface area contributed by atoms with Gasteiger partial charge in [0.05, 0.1) is 13.2 Å². The standard InChI is InChI=1S/C18H23F4NO2/c1-24-12-5-3-6-18(12)7-4-8-23(10-18)9-11-13(19)15(21)17(25-2)16(22)14(11)20/h12H,3-10H2,1-2H3/t12-,18-/m1/s1. The van der Waals surface area contributed by atoms with Gasteiger partial charge in [0.25, 0.3) is 0 Å². The highest BCUT2D eigenvalue weighted by molar-refractivity contribution is 5.34. The van der Waals surface area contributed by atoms with Crippen LogP contribution >= 0.6 is 0 Å². The van der Waals surface area contributed by atoms with E-state index in [1.165, 1.54) is 0 Å². The maximum Gasteiger partial charge on any atom is 0.204 e. The van der Waals surface area contributed by atoms with E-state index in [2.05, 4.69) is 4.74 Å². The first-order chi connectivity index (χ1) is 11.9. The summed E-state index contributed by atoms with van der Waals surface area (Å²) >= 11 is 0. The first kappa shape index (κ1) is 18.5. The molecule has 2 fully saturated rings. The molecule has 1 aliphatic carbocycles. The maximum atomic E-state index is 14.2. The summed E-state index contributed by atoms with van der Waals surface area (Å²) in [5, 5.41) is 0. The van der Waals surface area contributed by atoms with Gasteiger partial charge in [-0.1, -0.05) is 6.42 Å². The molecular weight excluding hydrogens is 338 g/mol. The summed E-state index contributed by atoms with van der Waals surface area (Å²) < 4.78 is 66.4. The number of nitrogens with zero attached hydrogens (tertiary/aromatic N) is 1. The maximum absolute atomic E-state index is 14.2. The Kier molecular flexibility index (Phi) is 5.25. The van der Waals surface area contributed by atoms with Crippen molar-refractivity contribution < 1.29 is 27.0 Å². The van der Waals surface area contributed by atoms with Crippen molar-refractivity contribution in [1.29, 1.82) is 0 Å². The quantitative estimate of drug-likeness (QED) is 0.597. The van der Waals surface area contributed by atoms with Gasteiger partial charge in [0, 0.05) is 31.2 Å². The highest BCUT2D eigenvalue weighted by Gasteiger charge is 2.46. The number of methoxy groups -OCH3 is 2. The molecule has 3 nitrogen and oxygen atoms in total. The Labute approximate surface area is 144 Å². The van der Waals surface area contributed by atoms with Crippen molar-refractivity contribution in [3.05, 3.63) is 28.8 Å². The summed E-state index contributed by atoms with van der Waals surface area (Å²) in [7, 11) is 2.66. The molecule has 1 saturated carbocycles. The number of likely N-dealkylation sites (tertiary alicyclic amines) is 1. The molecule has 2 aliphatic rings. The summed E-state index contributed by atoms with van der Waals surface area (Å²) in [5.41, 5.74) is -0.622. The van der Waals surface area contributed by atoms with Gasteiger partial charge in [-0.3, -0.25) is 4.90 Å². The summed E-state index contributed by atoms with van der Waals surface area (Å²) in [5.74, 6) is -6.77. The predicted molar refractivity (Wildman–Crippen MR) is 84.4 cm³/mol. The predicted octanol–water partition coefficient (Wildman–Crippen LogP) is 4.03. The second-order valence-corrected chi connectivity index (χ2v) is 7.06. The van der Waals surface area contributed by atoms with Gasteiger partial charge in [-0.25, -0.2) is 8.78 Å². The van der Waals surface area contributed by atoms with Gasteiger partial charge < -0.3 is 9.47 Å². The molecule has 1 heterocycles. The zero-order valence-corrected chi connectivity index (χ0v) is 14.5. The number of rotatable bonds is 4. The lowest BCUT2D eigenvalue weighted by Crippen LogP contribution is -2.47. The van der Waals surface area contributed by atoms with E-state index in [4.69, 9.17) is 4.74 Å². The average Bonchev–Trinajstić information content (AvgIpc) is 2.99. The van der Waals surface area contributed by atoms with E-state index in [-0.39, 0.29) is 18.1 Å². The van der Waals surface area contributed by atoms with Crippen LogP contribution in [0, 0.1) is 28.7 Å². The number of ether oxygens (including phenoxy) is 2. The second kappa shape index (κ2) is 7.11. The fourth-order valence-electron chi connectivity index (χ4n) is 4.53. The molecule has 1 aromatic carbocycles. The van der Waals surface area contributed by atoms with Crippen molar-refractivity contribution in [1.82, 2.24) is 4.90 Å². The van der Waals surface area contributed by atoms with Gasteiger partial charge in [-0.2, -0.15) is 8.78 Å². The minimum Gasteiger partial charge on any atom is -0.491 e. The monoisotopic (exact) mass is 361 g/mol. The van der Waals surface area contributed by atoms with Crippen LogP contribution in [0.5, 0.6) is 5.75 Å². The van der Waals surface area contributed by atoms with Crippen molar-refractivity contribution in [2.45, 2.75) is 44.8 Å². The van der Waals surface area contributed by atoms with E-state index in [1.807, 2.05) is 4.90 Å². The third kappa shape index (κ3) is 3.12. The second-order valence-electron chi connectivity index (χ2n) is 7.06. The van der Waals surface area contributed by atoms with Gasteiger partial charge >= 0.3 is 0 Å². The molecule has 0 radical (unpaired) electrons. The third-order valence-corrected chi connectivity index (χ3v) is 5.70. The molecule has 0 bridgehead atoms. The van der Waals surface area contributed by atoms with Crippen LogP contribution in [0.15, 0.2) is 0 Å². The fourth-order valence-corrected chi connectivity index (χ4v) is 4.53. The van der Waals surface area contributed by atoms with Crippen molar-refractivity contribution >= 4 is 0 Å². The molecule has 1 saturated heterocycles. The van der Waals surface area contributed by atoms with Crippen LogP contribution in [-0.2, 0) is 11.3 Å². The lowest BCUT2D eigenvalue weighted by atomic mass is 9.76. The molecule has 1 aromatic rings. The Morgan fingerprint density at radius 2 is 1.64 bits per heavy atom. The van der Waals surface area contributed by atoms with E-state index >= 15 is 0 Å². The van der Waals surface area contributed by atoms with Crippen LogP contribution < -0.4 is 4.74 Å². The van der Waals surface area contributed by atoms with Gasteiger partial charge in [-0.15, -0.1) is 0 Å². The minimum absolute atomic E-state index is 0.0382. The van der Waals surface area contributed by atoms with Gasteiger partial charge in [0.1, 0.15) is 0 Å². The van der Waals surface area contributed by atoms with Crippen molar-refractivity contribution in [2.24, 2.45) is 5.41 Å². The van der Waals surface area contributed by atoms with E-state index in [0.717, 1.165) is 39.2 Å². The van der Waals surface area contributed by atoms with Gasteiger partial charge in [0.2, 0.25) is 11.6 Å². The van der Waals surface area contributed by atoms with Crippen molar-refractivity contribution in [2.75, 3.05) is 27.3 Å². The van der Waals surface area contributed by atoms with E-state index in [9.17, 15) is 17.6 Å². The lowest BCUT2D eigenvalue weighted by molar-refractivity contribution is -0.0370. The molecule has 1 spiro atoms. The Morgan fingerprint density at radius 3 is 2.24 bits per heavy atom. The molecule has 2 atom stereocenters. The Bertz CT molecular complexity index is 625. The third-order valence-electron chi connectivity index (χ3n) is 5.70. The lowest BCUT2D eigenvalue weighted by Gasteiger charge is -2.43. The zero-order valence-electron chi connectivity index (χ0n) is 14.5. The topological polar surface area (TPSA) is 21.7 Å². The highest BCUT2D eigenvalue weighted by atomic mass is 19.2. The zero-order chi connectivity index (χ0) is 18.2. The van der Waals surface area contributed by atoms with Gasteiger partial charge in [0.15, 0.2) is 17.4 Å². The smallest absolute Gasteiger partial charge is 0.204 e. The van der Waals surface area contributed by atoms with Crippen LogP contribution in [-0.4, -0.2) is 38.3 Å². The molecule has 140 valence electrons. The van der Waals surface area contributed by atoms with Crippen LogP contribution in [0.1, 0.15) is 37.7 Å². The van der Waals surface area contributed by atoms with Gasteiger partial charge in [-0.05, 0) is 32.2 Å². The molecule has 0 unspecified atom stereocenters. The first-order valence-corrected chi connectivity index (χ1v) is 8.57. The number of hydrogen-bond acceptors (Lipinski definition) is 3. The number of halogens is 4. The Hall–Kier alpha value is -1.34. The van der Waals surface area contributed by atoms with Crippen molar-refractivity contribution in [3.8, 4) is 5.75 Å². The molecule has 0 N–H and O–H groups in total. The molecular formula is C18H23F4NO2. The normalized spacial score (nSPS) is 27.2. The van der Waals surface area contributed by atoms with Crippen LogP contribution in [0.4, 0.5) is 17.6 Å². The van der Waals surface area contributed by atoms with Crippen LogP contribution in [0.2, 0.25) is 0 Å². The SMILES string of the molecule is COc1c(F)c(F)c(CN2CCC[C@]3(CCC[C@H]3OC)C2)c(F)c1F. The Balaban J connectivity index is 1.85. The van der Waals surface area contributed by atoms with E-state index in [1.54, 1.807) is 7.11 Å². The first-order valence-electron chi connectivity index (χ1n) is 8.57. The average molecular weight is 361 g/mol. The Morgan fingerprint density at radius 1 is 1.00 bits per heavy atom. The number of piperidine rings is 1. The molecule has 0 aromatic heterocycles. The minimum atomic E-state index is -1.49. The summed E-state index contributed by atoms with van der Waals surface area (Å²) in [6, 6.07) is 0. The van der Waals surface area contributed by atoms with E-state index in [0.29, 0.717) is 13.1 Å². The summed E-state index contributed by atoms with van der Waals surface area (Å²) in [4.78, 5) is 1.87. The molecule has 3 rings (SSSR count). The molecule has 0 amide bonds. The summed E-state index contributed by atoms with van der Waals surface area (Å²) in [6.07, 6.45) is 5.01. The molecule has 25 heavy (non-hydrogen) atoms. The van der Waals surface area contributed by atoms with Crippen LogP contribution in [0.25, 0.3) is 0 Å². The van der Waals surface area contributed by atoms with Crippen molar-refractivity contribution in [3.63, 3.8) is 0 Å². The fraction of sp³-hybridized carbons (Fsp3) is 0.667. The van der Waals surface area contributed by atoms with Crippen LogP contribution in [0.3, 0.4) is 0 Å². The number of hydrogen-bond donors (Lipinski definition) is 0. The van der Waals surface area contributed by atoms with E-state index < -0.39 is 34.6 Å². The number of benzene rings is 1. The molecule has 7 heteroatoms. The molecule has 1 aliphatic heterocycles. The highest BCUT2D eigenvalue weighted by Crippen LogP contribution is 2.46. The largest absolute Gasteiger partial charge is 0.491 e.